The maximum atomic E-state index is 12.1. The summed E-state index contributed by atoms with van der Waals surface area (Å²) in [7, 11) is -1.98. The number of benzene rings is 1. The van der Waals surface area contributed by atoms with E-state index in [-0.39, 0.29) is 28.9 Å². The Hall–Kier alpha value is -1.91. The molecule has 1 aromatic rings. The molecule has 1 rings (SSSR count). The number of hydrogen-bond acceptors (Lipinski definition) is 3. The average Bonchev–Trinajstić information content (AvgIpc) is 2.69. The first-order chi connectivity index (χ1) is 14.4. The predicted molar refractivity (Wildman–Crippen MR) is 135 cm³/mol. The third-order valence-corrected chi connectivity index (χ3v) is 10.5. The Morgan fingerprint density at radius 2 is 1.68 bits per heavy atom. The van der Waals surface area contributed by atoms with Crippen LogP contribution in [0.3, 0.4) is 0 Å². The summed E-state index contributed by atoms with van der Waals surface area (Å²) >= 11 is 0. The van der Waals surface area contributed by atoms with Gasteiger partial charge in [0, 0.05) is 11.5 Å². The van der Waals surface area contributed by atoms with Crippen molar-refractivity contribution in [1.82, 2.24) is 0 Å². The van der Waals surface area contributed by atoms with Gasteiger partial charge in [-0.05, 0) is 43.5 Å². The molecule has 0 spiro atoms. The minimum absolute atomic E-state index is 0.0216. The molecule has 4 heteroatoms. The molecule has 0 saturated heterocycles. The van der Waals surface area contributed by atoms with Crippen LogP contribution in [0.15, 0.2) is 60.2 Å². The number of ether oxygens (including phenoxy) is 1. The summed E-state index contributed by atoms with van der Waals surface area (Å²) in [5.41, 5.74) is 1.81. The van der Waals surface area contributed by atoms with E-state index in [1.165, 1.54) is 5.56 Å². The van der Waals surface area contributed by atoms with Crippen molar-refractivity contribution >= 4 is 20.4 Å². The molecule has 0 aliphatic carbocycles. The van der Waals surface area contributed by atoms with Gasteiger partial charge < -0.3 is 9.16 Å². The minimum Gasteiger partial charge on any atom is -0.463 e. The molecule has 0 N–H and O–H groups in total. The van der Waals surface area contributed by atoms with E-state index in [1.54, 1.807) is 0 Å². The van der Waals surface area contributed by atoms with Crippen molar-refractivity contribution < 1.29 is 14.0 Å². The van der Waals surface area contributed by atoms with Gasteiger partial charge in [0.15, 0.2) is 8.32 Å². The Bertz CT molecular complexity index is 769. The van der Waals surface area contributed by atoms with Crippen molar-refractivity contribution in [1.29, 1.82) is 0 Å². The first kappa shape index (κ1) is 27.1. The van der Waals surface area contributed by atoms with Crippen LogP contribution in [0.5, 0.6) is 0 Å². The summed E-state index contributed by atoms with van der Waals surface area (Å²) in [5, 5.41) is 0.113. The highest BCUT2D eigenvalue weighted by Crippen LogP contribution is 2.39. The SMILES string of the molecule is CCOC(=O)/C(C)=C/[C@H](C)[C@@H](O[Si](C)(C)C(C)(C)C)[C@@H](C)/C=C/C=C/c1ccccc1. The van der Waals surface area contributed by atoms with Crippen molar-refractivity contribution in [2.75, 3.05) is 6.61 Å². The van der Waals surface area contributed by atoms with Crippen molar-refractivity contribution in [3.05, 3.63) is 65.8 Å². The number of carbonyl (C=O) groups excluding carboxylic acids is 1. The maximum Gasteiger partial charge on any atom is 0.333 e. The quantitative estimate of drug-likeness (QED) is 0.164. The van der Waals surface area contributed by atoms with E-state index in [0.29, 0.717) is 12.2 Å². The van der Waals surface area contributed by atoms with Crippen molar-refractivity contribution in [2.24, 2.45) is 11.8 Å². The van der Waals surface area contributed by atoms with E-state index >= 15 is 0 Å². The molecule has 0 aliphatic heterocycles. The largest absolute Gasteiger partial charge is 0.463 e. The molecule has 0 heterocycles. The van der Waals surface area contributed by atoms with Crippen LogP contribution in [0.4, 0.5) is 0 Å². The molecular formula is C27H42O3Si. The molecule has 172 valence electrons. The van der Waals surface area contributed by atoms with Crippen LogP contribution >= 0.6 is 0 Å². The number of allylic oxidation sites excluding steroid dienone is 2. The van der Waals surface area contributed by atoms with Crippen LogP contribution < -0.4 is 0 Å². The topological polar surface area (TPSA) is 35.5 Å². The molecule has 0 aromatic heterocycles. The van der Waals surface area contributed by atoms with E-state index in [9.17, 15) is 4.79 Å². The monoisotopic (exact) mass is 442 g/mol. The molecule has 0 radical (unpaired) electrons. The second-order valence-corrected chi connectivity index (χ2v) is 14.5. The fraction of sp³-hybridized carbons (Fsp3) is 0.519. The lowest BCUT2D eigenvalue weighted by molar-refractivity contribution is -0.138. The van der Waals surface area contributed by atoms with E-state index in [4.69, 9.17) is 9.16 Å². The van der Waals surface area contributed by atoms with Gasteiger partial charge in [0.05, 0.1) is 12.7 Å². The van der Waals surface area contributed by atoms with E-state index < -0.39 is 8.32 Å². The highest BCUT2D eigenvalue weighted by molar-refractivity contribution is 6.74. The summed E-state index contributed by atoms with van der Waals surface area (Å²) in [6.45, 7) is 19.7. The van der Waals surface area contributed by atoms with Gasteiger partial charge in [-0.15, -0.1) is 0 Å². The van der Waals surface area contributed by atoms with Crippen LogP contribution in [0, 0.1) is 11.8 Å². The van der Waals surface area contributed by atoms with Gasteiger partial charge >= 0.3 is 5.97 Å². The molecule has 0 amide bonds. The lowest BCUT2D eigenvalue weighted by Crippen LogP contribution is -2.47. The Kier molecular flexibility index (Phi) is 10.7. The van der Waals surface area contributed by atoms with E-state index in [1.807, 2.05) is 38.1 Å². The van der Waals surface area contributed by atoms with Crippen LogP contribution in [0.2, 0.25) is 18.1 Å². The highest BCUT2D eigenvalue weighted by atomic mass is 28.4. The van der Waals surface area contributed by atoms with Gasteiger partial charge in [0.25, 0.3) is 0 Å². The zero-order chi connectivity index (χ0) is 23.7. The first-order valence-corrected chi connectivity index (χ1v) is 14.2. The Morgan fingerprint density at radius 1 is 1.06 bits per heavy atom. The van der Waals surface area contributed by atoms with E-state index in [0.717, 1.165) is 0 Å². The second kappa shape index (κ2) is 12.2. The standard InChI is InChI=1S/C27H42O3Si/c1-10-29-26(28)23(4)20-22(3)25(30-31(8,9)27(5,6)7)21(2)16-14-15-19-24-17-12-11-13-18-24/h11-22,25H,10H2,1-9H3/b16-14+,19-15+,23-20+/t21-,22-,25-/m0/s1. The van der Waals surface area contributed by atoms with Crippen LogP contribution in [0.1, 0.15) is 54.0 Å². The summed E-state index contributed by atoms with van der Waals surface area (Å²) in [6, 6.07) is 10.3. The summed E-state index contributed by atoms with van der Waals surface area (Å²) < 4.78 is 12.0. The molecule has 3 nitrogen and oxygen atoms in total. The van der Waals surface area contributed by atoms with Gasteiger partial charge in [-0.3, -0.25) is 0 Å². The molecule has 1 aromatic carbocycles. The minimum atomic E-state index is -1.98. The fourth-order valence-electron chi connectivity index (χ4n) is 3.09. The number of esters is 1. The molecule has 31 heavy (non-hydrogen) atoms. The molecule has 0 aliphatic rings. The number of hydrogen-bond donors (Lipinski definition) is 0. The maximum absolute atomic E-state index is 12.1. The Balaban J connectivity index is 3.07. The number of carbonyl (C=O) groups is 1. The Morgan fingerprint density at radius 3 is 2.23 bits per heavy atom. The van der Waals surface area contributed by atoms with Gasteiger partial charge in [0.2, 0.25) is 0 Å². The third-order valence-electron chi connectivity index (χ3n) is 6.00. The summed E-state index contributed by atoms with van der Waals surface area (Å²) in [5.74, 6) is 0.0153. The lowest BCUT2D eigenvalue weighted by atomic mass is 9.91. The summed E-state index contributed by atoms with van der Waals surface area (Å²) in [4.78, 5) is 12.1. The predicted octanol–water partition coefficient (Wildman–Crippen LogP) is 7.43. The molecule has 0 fully saturated rings. The van der Waals surface area contributed by atoms with Gasteiger partial charge in [-0.2, -0.15) is 0 Å². The molecular weight excluding hydrogens is 400 g/mol. The normalized spacial score (nSPS) is 16.5. The number of rotatable bonds is 10. The molecule has 3 atom stereocenters. The van der Waals surface area contributed by atoms with Crippen LogP contribution in [-0.4, -0.2) is 27.0 Å². The second-order valence-electron chi connectivity index (χ2n) is 9.79. The summed E-state index contributed by atoms with van der Waals surface area (Å²) in [6.07, 6.45) is 10.4. The highest BCUT2D eigenvalue weighted by Gasteiger charge is 2.41. The molecule has 0 unspecified atom stereocenters. The average molecular weight is 443 g/mol. The molecule has 0 bridgehead atoms. The van der Waals surface area contributed by atoms with Crippen molar-refractivity contribution in [3.63, 3.8) is 0 Å². The Labute approximate surface area is 191 Å². The van der Waals surface area contributed by atoms with Gasteiger partial charge in [0.1, 0.15) is 0 Å². The fourth-order valence-corrected chi connectivity index (χ4v) is 4.56. The third kappa shape index (κ3) is 9.00. The van der Waals surface area contributed by atoms with Crippen molar-refractivity contribution in [3.8, 4) is 0 Å². The zero-order valence-corrected chi connectivity index (χ0v) is 21.9. The van der Waals surface area contributed by atoms with E-state index in [2.05, 4.69) is 84.1 Å². The zero-order valence-electron chi connectivity index (χ0n) is 20.9. The lowest BCUT2D eigenvalue weighted by Gasteiger charge is -2.42. The van der Waals surface area contributed by atoms with Crippen molar-refractivity contribution in [2.45, 2.75) is 72.7 Å². The van der Waals surface area contributed by atoms with Crippen LogP contribution in [-0.2, 0) is 14.0 Å². The molecule has 0 saturated carbocycles. The van der Waals surface area contributed by atoms with Crippen LogP contribution in [0.25, 0.3) is 6.08 Å². The first-order valence-electron chi connectivity index (χ1n) is 11.3. The smallest absolute Gasteiger partial charge is 0.333 e. The van der Waals surface area contributed by atoms with Gasteiger partial charge in [-0.1, -0.05) is 95.3 Å². The van der Waals surface area contributed by atoms with Gasteiger partial charge in [-0.25, -0.2) is 4.79 Å².